The van der Waals surface area contributed by atoms with Gasteiger partial charge in [-0.1, -0.05) is 17.3 Å². The summed E-state index contributed by atoms with van der Waals surface area (Å²) in [6, 6.07) is 11.1. The van der Waals surface area contributed by atoms with Crippen LogP contribution in [0.2, 0.25) is 0 Å². The van der Waals surface area contributed by atoms with E-state index in [-0.39, 0.29) is 23.4 Å². The van der Waals surface area contributed by atoms with Crippen molar-refractivity contribution in [3.05, 3.63) is 70.5 Å². The molecular weight excluding hydrogens is 365 g/mol. The van der Waals surface area contributed by atoms with Crippen molar-refractivity contribution in [2.75, 3.05) is 14.2 Å². The zero-order chi connectivity index (χ0) is 19.7. The lowest BCUT2D eigenvalue weighted by atomic mass is 10.2. The lowest BCUT2D eigenvalue weighted by Crippen LogP contribution is -2.21. The summed E-state index contributed by atoms with van der Waals surface area (Å²) >= 11 is 0. The Kier molecular flexibility index (Phi) is 4.48. The molecule has 0 radical (unpaired) electrons. The summed E-state index contributed by atoms with van der Waals surface area (Å²) in [4.78, 5) is 17.1. The summed E-state index contributed by atoms with van der Waals surface area (Å²) in [5.74, 6) is 0.765. The standard InChI is InChI=1S/C19H16FN5O3/c1-27-15-8-7-14(9-16(15)28-2)25-18-17(22-23-25)19(26)24(11-21-18)10-12-3-5-13(20)6-4-12/h3-9,11H,10H2,1-2H3. The van der Waals surface area contributed by atoms with Crippen LogP contribution < -0.4 is 15.0 Å². The van der Waals surface area contributed by atoms with Gasteiger partial charge in [0.2, 0.25) is 0 Å². The lowest BCUT2D eigenvalue weighted by Gasteiger charge is -2.09. The molecule has 0 N–H and O–H groups in total. The van der Waals surface area contributed by atoms with Crippen molar-refractivity contribution in [3.63, 3.8) is 0 Å². The van der Waals surface area contributed by atoms with Crippen molar-refractivity contribution < 1.29 is 13.9 Å². The van der Waals surface area contributed by atoms with Crippen LogP contribution in [0.25, 0.3) is 16.9 Å². The van der Waals surface area contributed by atoms with E-state index >= 15 is 0 Å². The minimum atomic E-state index is -0.332. The van der Waals surface area contributed by atoms with Crippen molar-refractivity contribution in [3.8, 4) is 17.2 Å². The first-order chi connectivity index (χ1) is 13.6. The fraction of sp³-hybridized carbons (Fsp3) is 0.158. The summed E-state index contributed by atoms with van der Waals surface area (Å²) in [6.07, 6.45) is 1.43. The maximum absolute atomic E-state index is 13.1. The van der Waals surface area contributed by atoms with Gasteiger partial charge in [0.25, 0.3) is 5.56 Å². The van der Waals surface area contributed by atoms with Gasteiger partial charge in [-0.25, -0.2) is 9.37 Å². The van der Waals surface area contributed by atoms with Gasteiger partial charge in [0.15, 0.2) is 22.7 Å². The molecule has 142 valence electrons. The molecule has 0 fully saturated rings. The molecule has 2 heterocycles. The van der Waals surface area contributed by atoms with Crippen LogP contribution in [0.3, 0.4) is 0 Å². The molecule has 2 aromatic heterocycles. The van der Waals surface area contributed by atoms with E-state index in [0.717, 1.165) is 5.56 Å². The number of hydrogen-bond acceptors (Lipinski definition) is 6. The number of ether oxygens (including phenoxy) is 2. The Morgan fingerprint density at radius 3 is 2.50 bits per heavy atom. The number of methoxy groups -OCH3 is 2. The minimum absolute atomic E-state index is 0.138. The van der Waals surface area contributed by atoms with E-state index in [1.165, 1.54) is 34.8 Å². The van der Waals surface area contributed by atoms with Crippen LogP contribution in [0.1, 0.15) is 5.56 Å². The van der Waals surface area contributed by atoms with E-state index in [4.69, 9.17) is 9.47 Å². The molecule has 0 aliphatic rings. The third kappa shape index (κ3) is 3.07. The van der Waals surface area contributed by atoms with Crippen LogP contribution in [-0.2, 0) is 6.54 Å². The Bertz CT molecular complexity index is 1200. The fourth-order valence-electron chi connectivity index (χ4n) is 2.87. The zero-order valence-electron chi connectivity index (χ0n) is 15.2. The minimum Gasteiger partial charge on any atom is -0.493 e. The van der Waals surface area contributed by atoms with Gasteiger partial charge in [0.05, 0.1) is 26.5 Å². The summed E-state index contributed by atoms with van der Waals surface area (Å²) in [7, 11) is 3.08. The van der Waals surface area contributed by atoms with Crippen LogP contribution >= 0.6 is 0 Å². The molecule has 0 saturated carbocycles. The van der Waals surface area contributed by atoms with Crippen molar-refractivity contribution in [2.45, 2.75) is 6.54 Å². The highest BCUT2D eigenvalue weighted by molar-refractivity contribution is 5.70. The Hall–Kier alpha value is -3.75. The Morgan fingerprint density at radius 2 is 1.79 bits per heavy atom. The smallest absolute Gasteiger partial charge is 0.283 e. The number of hydrogen-bond donors (Lipinski definition) is 0. The van der Waals surface area contributed by atoms with Crippen LogP contribution in [-0.4, -0.2) is 38.8 Å². The Morgan fingerprint density at radius 1 is 1.04 bits per heavy atom. The molecule has 8 nitrogen and oxygen atoms in total. The molecule has 4 aromatic rings. The summed E-state index contributed by atoms with van der Waals surface area (Å²) in [6.45, 7) is 0.255. The number of benzene rings is 2. The normalized spacial score (nSPS) is 11.0. The molecule has 0 saturated heterocycles. The Labute approximate surface area is 158 Å². The summed E-state index contributed by atoms with van der Waals surface area (Å²) in [5.41, 5.74) is 1.54. The molecule has 9 heteroatoms. The number of nitrogens with zero attached hydrogens (tertiary/aromatic N) is 5. The lowest BCUT2D eigenvalue weighted by molar-refractivity contribution is 0.355. The second-order valence-electron chi connectivity index (χ2n) is 6.02. The fourth-order valence-corrected chi connectivity index (χ4v) is 2.87. The predicted octanol–water partition coefficient (Wildman–Crippen LogP) is 2.18. The third-order valence-corrected chi connectivity index (χ3v) is 4.31. The molecule has 0 aliphatic heterocycles. The molecule has 2 aromatic carbocycles. The first-order valence-electron chi connectivity index (χ1n) is 8.38. The SMILES string of the molecule is COc1ccc(-n2nnc3c(=O)n(Cc4ccc(F)cc4)cnc32)cc1OC. The molecule has 0 unspecified atom stereocenters. The highest BCUT2D eigenvalue weighted by Crippen LogP contribution is 2.29. The number of aromatic nitrogens is 5. The van der Waals surface area contributed by atoms with Crippen LogP contribution in [0.15, 0.2) is 53.6 Å². The van der Waals surface area contributed by atoms with E-state index in [9.17, 15) is 9.18 Å². The van der Waals surface area contributed by atoms with Gasteiger partial charge in [0.1, 0.15) is 12.1 Å². The van der Waals surface area contributed by atoms with Gasteiger partial charge < -0.3 is 9.47 Å². The molecule has 0 atom stereocenters. The van der Waals surface area contributed by atoms with Gasteiger partial charge in [-0.2, -0.15) is 4.68 Å². The van der Waals surface area contributed by atoms with Gasteiger partial charge >= 0.3 is 0 Å². The second-order valence-corrected chi connectivity index (χ2v) is 6.02. The van der Waals surface area contributed by atoms with E-state index in [2.05, 4.69) is 15.3 Å². The number of fused-ring (bicyclic) bond motifs is 1. The van der Waals surface area contributed by atoms with Crippen molar-refractivity contribution in [2.24, 2.45) is 0 Å². The van der Waals surface area contributed by atoms with Crippen molar-refractivity contribution >= 4 is 11.2 Å². The molecule has 4 rings (SSSR count). The molecule has 0 spiro atoms. The Balaban J connectivity index is 1.74. The van der Waals surface area contributed by atoms with Crippen LogP contribution in [0.4, 0.5) is 4.39 Å². The maximum Gasteiger partial charge on any atom is 0.283 e. The van der Waals surface area contributed by atoms with Crippen LogP contribution in [0.5, 0.6) is 11.5 Å². The average Bonchev–Trinajstić information content (AvgIpc) is 3.16. The summed E-state index contributed by atoms with van der Waals surface area (Å²) in [5, 5.41) is 8.06. The molecular formula is C19H16FN5O3. The largest absolute Gasteiger partial charge is 0.493 e. The van der Waals surface area contributed by atoms with Gasteiger partial charge in [-0.3, -0.25) is 9.36 Å². The quantitative estimate of drug-likeness (QED) is 0.527. The van der Waals surface area contributed by atoms with E-state index in [1.807, 2.05) is 0 Å². The van der Waals surface area contributed by atoms with E-state index in [1.54, 1.807) is 37.4 Å². The van der Waals surface area contributed by atoms with Gasteiger partial charge in [-0.05, 0) is 29.8 Å². The van der Waals surface area contributed by atoms with Gasteiger partial charge in [-0.15, -0.1) is 5.10 Å². The second kappa shape index (κ2) is 7.10. The predicted molar refractivity (Wildman–Crippen MR) is 99.5 cm³/mol. The zero-order valence-corrected chi connectivity index (χ0v) is 15.2. The first kappa shape index (κ1) is 17.7. The van der Waals surface area contributed by atoms with Crippen molar-refractivity contribution in [1.82, 2.24) is 24.5 Å². The van der Waals surface area contributed by atoms with Gasteiger partial charge in [0, 0.05) is 6.07 Å². The van der Waals surface area contributed by atoms with E-state index < -0.39 is 0 Å². The molecule has 0 aliphatic carbocycles. The third-order valence-electron chi connectivity index (χ3n) is 4.31. The molecule has 0 bridgehead atoms. The highest BCUT2D eigenvalue weighted by Gasteiger charge is 2.15. The number of rotatable bonds is 5. The topological polar surface area (TPSA) is 84.1 Å². The summed E-state index contributed by atoms with van der Waals surface area (Å²) < 4.78 is 26.5. The monoisotopic (exact) mass is 381 g/mol. The molecule has 0 amide bonds. The number of halogens is 1. The average molecular weight is 381 g/mol. The van der Waals surface area contributed by atoms with E-state index in [0.29, 0.717) is 22.8 Å². The van der Waals surface area contributed by atoms with Crippen LogP contribution in [0, 0.1) is 5.82 Å². The molecule has 28 heavy (non-hydrogen) atoms. The first-order valence-corrected chi connectivity index (χ1v) is 8.38. The maximum atomic E-state index is 13.1. The highest BCUT2D eigenvalue weighted by atomic mass is 19.1. The van der Waals surface area contributed by atoms with Crippen molar-refractivity contribution in [1.29, 1.82) is 0 Å².